The van der Waals surface area contributed by atoms with Crippen molar-refractivity contribution < 1.29 is 0 Å². The normalized spacial score (nSPS) is 27.7. The van der Waals surface area contributed by atoms with E-state index in [0.717, 1.165) is 6.42 Å². The average molecular weight is 209 g/mol. The largest absolute Gasteiger partial charge is 0.321 e. The molecule has 2 N–H and O–H groups in total. The van der Waals surface area contributed by atoms with Crippen molar-refractivity contribution in [3.63, 3.8) is 0 Å². The van der Waals surface area contributed by atoms with Gasteiger partial charge in [-0.3, -0.25) is 0 Å². The van der Waals surface area contributed by atoms with E-state index in [0.29, 0.717) is 5.92 Å². The molecule has 1 nitrogen and oxygen atoms in total. The van der Waals surface area contributed by atoms with Crippen LogP contribution in [0.25, 0.3) is 0 Å². The van der Waals surface area contributed by atoms with Gasteiger partial charge in [0.2, 0.25) is 0 Å². The summed E-state index contributed by atoms with van der Waals surface area (Å²) in [7, 11) is 0. The summed E-state index contributed by atoms with van der Waals surface area (Å²) in [5.41, 5.74) is 8.92. The zero-order valence-corrected chi connectivity index (χ0v) is 9.14. The van der Waals surface area contributed by atoms with Crippen molar-refractivity contribution in [2.45, 2.75) is 17.9 Å². The minimum absolute atomic E-state index is 0.136. The van der Waals surface area contributed by atoms with Crippen molar-refractivity contribution in [1.82, 2.24) is 0 Å². The van der Waals surface area contributed by atoms with Crippen LogP contribution < -0.4 is 5.73 Å². The van der Waals surface area contributed by atoms with Crippen LogP contribution in [0.2, 0.25) is 0 Å². The Morgan fingerprint density at radius 2 is 1.44 bits per heavy atom. The second-order valence-electron chi connectivity index (χ2n) is 4.57. The van der Waals surface area contributed by atoms with Crippen LogP contribution in [0.15, 0.2) is 60.7 Å². The molecule has 16 heavy (non-hydrogen) atoms. The lowest BCUT2D eigenvalue weighted by Gasteiger charge is -2.11. The van der Waals surface area contributed by atoms with E-state index >= 15 is 0 Å². The molecule has 1 fully saturated rings. The molecule has 2 aromatic carbocycles. The minimum atomic E-state index is -0.136. The first kappa shape index (κ1) is 9.61. The van der Waals surface area contributed by atoms with Gasteiger partial charge in [-0.15, -0.1) is 0 Å². The standard InChI is InChI=1S/C15H15N/c16-15(13-9-5-2-6-10-13)11-14(15)12-7-3-1-4-8-12/h1-10,14H,11,16H2/t14-,15+/m1/s1. The van der Waals surface area contributed by atoms with E-state index in [2.05, 4.69) is 48.5 Å². The van der Waals surface area contributed by atoms with Gasteiger partial charge in [0.1, 0.15) is 0 Å². The Hall–Kier alpha value is -1.60. The first-order chi connectivity index (χ1) is 7.81. The number of nitrogens with two attached hydrogens (primary N) is 1. The quantitative estimate of drug-likeness (QED) is 0.808. The van der Waals surface area contributed by atoms with E-state index in [1.165, 1.54) is 11.1 Å². The van der Waals surface area contributed by atoms with Gasteiger partial charge in [-0.2, -0.15) is 0 Å². The van der Waals surface area contributed by atoms with E-state index in [1.807, 2.05) is 12.1 Å². The fourth-order valence-corrected chi connectivity index (χ4v) is 2.45. The van der Waals surface area contributed by atoms with Crippen LogP contribution in [-0.2, 0) is 5.54 Å². The van der Waals surface area contributed by atoms with Crippen LogP contribution >= 0.6 is 0 Å². The van der Waals surface area contributed by atoms with Crippen molar-refractivity contribution >= 4 is 0 Å². The molecule has 0 saturated heterocycles. The maximum atomic E-state index is 6.44. The Bertz CT molecular complexity index is 477. The van der Waals surface area contributed by atoms with Gasteiger partial charge in [-0.25, -0.2) is 0 Å². The van der Waals surface area contributed by atoms with Gasteiger partial charge < -0.3 is 5.73 Å². The molecule has 0 amide bonds. The lowest BCUT2D eigenvalue weighted by molar-refractivity contribution is 0.706. The van der Waals surface area contributed by atoms with Gasteiger partial charge in [0.15, 0.2) is 0 Å². The molecule has 1 aliphatic rings. The Kier molecular flexibility index (Phi) is 2.08. The fourth-order valence-electron chi connectivity index (χ4n) is 2.45. The van der Waals surface area contributed by atoms with Gasteiger partial charge in [0.25, 0.3) is 0 Å². The van der Waals surface area contributed by atoms with Gasteiger partial charge in [-0.05, 0) is 17.5 Å². The van der Waals surface area contributed by atoms with Crippen LogP contribution in [0, 0.1) is 0 Å². The number of hydrogen-bond acceptors (Lipinski definition) is 1. The first-order valence-electron chi connectivity index (χ1n) is 5.70. The Morgan fingerprint density at radius 3 is 2.06 bits per heavy atom. The highest BCUT2D eigenvalue weighted by atomic mass is 14.9. The lowest BCUT2D eigenvalue weighted by atomic mass is 10.00. The molecular formula is C15H15N. The van der Waals surface area contributed by atoms with E-state index in [4.69, 9.17) is 5.73 Å². The zero-order chi connectivity index (χ0) is 11.0. The summed E-state index contributed by atoms with van der Waals surface area (Å²) >= 11 is 0. The first-order valence-corrected chi connectivity index (χ1v) is 5.70. The molecule has 1 aliphatic carbocycles. The molecule has 0 heterocycles. The molecule has 2 aromatic rings. The van der Waals surface area contributed by atoms with Crippen LogP contribution in [0.3, 0.4) is 0 Å². The van der Waals surface area contributed by atoms with Crippen molar-refractivity contribution in [3.05, 3.63) is 71.8 Å². The maximum Gasteiger partial charge on any atom is 0.0486 e. The van der Waals surface area contributed by atoms with Crippen molar-refractivity contribution in [3.8, 4) is 0 Å². The summed E-state index contributed by atoms with van der Waals surface area (Å²) < 4.78 is 0. The third-order valence-corrected chi connectivity index (χ3v) is 3.52. The number of hydrogen-bond donors (Lipinski definition) is 1. The second kappa shape index (κ2) is 3.46. The highest BCUT2D eigenvalue weighted by Gasteiger charge is 2.52. The molecule has 1 heteroatoms. The SMILES string of the molecule is N[C@]1(c2ccccc2)C[C@@H]1c1ccccc1. The molecule has 0 bridgehead atoms. The fraction of sp³-hybridized carbons (Fsp3) is 0.200. The number of benzene rings is 2. The predicted octanol–water partition coefficient (Wildman–Crippen LogP) is 3.03. The minimum Gasteiger partial charge on any atom is -0.321 e. The Labute approximate surface area is 95.9 Å². The molecular weight excluding hydrogens is 194 g/mol. The molecule has 0 radical (unpaired) electrons. The van der Waals surface area contributed by atoms with Crippen LogP contribution in [-0.4, -0.2) is 0 Å². The van der Waals surface area contributed by atoms with E-state index in [1.54, 1.807) is 0 Å². The van der Waals surface area contributed by atoms with E-state index in [9.17, 15) is 0 Å². The summed E-state index contributed by atoms with van der Waals surface area (Å²) in [5.74, 6) is 0.482. The third-order valence-electron chi connectivity index (χ3n) is 3.52. The van der Waals surface area contributed by atoms with Crippen molar-refractivity contribution in [2.75, 3.05) is 0 Å². The topological polar surface area (TPSA) is 26.0 Å². The van der Waals surface area contributed by atoms with Crippen molar-refractivity contribution in [2.24, 2.45) is 5.73 Å². The molecule has 2 atom stereocenters. The van der Waals surface area contributed by atoms with Crippen LogP contribution in [0.4, 0.5) is 0 Å². The average Bonchev–Trinajstić information content (AvgIpc) is 3.06. The van der Waals surface area contributed by atoms with Gasteiger partial charge in [0, 0.05) is 11.5 Å². The Morgan fingerprint density at radius 1 is 0.875 bits per heavy atom. The van der Waals surface area contributed by atoms with Crippen molar-refractivity contribution in [1.29, 1.82) is 0 Å². The van der Waals surface area contributed by atoms with E-state index in [-0.39, 0.29) is 5.54 Å². The summed E-state index contributed by atoms with van der Waals surface area (Å²) in [6, 6.07) is 21.0. The summed E-state index contributed by atoms with van der Waals surface area (Å²) in [4.78, 5) is 0. The highest BCUT2D eigenvalue weighted by molar-refractivity contribution is 5.41. The van der Waals surface area contributed by atoms with Crippen LogP contribution in [0.5, 0.6) is 0 Å². The number of rotatable bonds is 2. The monoisotopic (exact) mass is 209 g/mol. The summed E-state index contributed by atoms with van der Waals surface area (Å²) in [6.45, 7) is 0. The summed E-state index contributed by atoms with van der Waals surface area (Å²) in [5, 5.41) is 0. The molecule has 1 saturated carbocycles. The smallest absolute Gasteiger partial charge is 0.0486 e. The lowest BCUT2D eigenvalue weighted by Crippen LogP contribution is -2.21. The highest BCUT2D eigenvalue weighted by Crippen LogP contribution is 2.56. The second-order valence-corrected chi connectivity index (χ2v) is 4.57. The predicted molar refractivity (Wildman–Crippen MR) is 66.1 cm³/mol. The van der Waals surface area contributed by atoms with Gasteiger partial charge in [0.05, 0.1) is 0 Å². The molecule has 0 unspecified atom stereocenters. The third kappa shape index (κ3) is 1.44. The van der Waals surface area contributed by atoms with Crippen LogP contribution in [0.1, 0.15) is 23.5 Å². The zero-order valence-electron chi connectivity index (χ0n) is 9.14. The molecule has 3 rings (SSSR count). The molecule has 0 aromatic heterocycles. The molecule has 80 valence electrons. The molecule has 0 aliphatic heterocycles. The maximum absolute atomic E-state index is 6.44. The van der Waals surface area contributed by atoms with Gasteiger partial charge >= 0.3 is 0 Å². The van der Waals surface area contributed by atoms with E-state index < -0.39 is 0 Å². The molecule has 0 spiro atoms. The Balaban J connectivity index is 1.90. The van der Waals surface area contributed by atoms with Gasteiger partial charge in [-0.1, -0.05) is 60.7 Å². The summed E-state index contributed by atoms with van der Waals surface area (Å²) in [6.07, 6.45) is 1.06.